The molecule has 1 N–H and O–H groups in total. The van der Waals surface area contributed by atoms with Crippen LogP contribution in [0.4, 0.5) is 0 Å². The second-order valence-corrected chi connectivity index (χ2v) is 3.34. The van der Waals surface area contributed by atoms with Crippen LogP contribution < -0.4 is 5.32 Å². The Morgan fingerprint density at radius 1 is 1.30 bits per heavy atom. The summed E-state index contributed by atoms with van der Waals surface area (Å²) in [6.45, 7) is 4.26. The Labute approximate surface area is 62.0 Å². The third-order valence-corrected chi connectivity index (χ3v) is 2.07. The highest BCUT2D eigenvalue weighted by atomic mass is 16.1. The topological polar surface area (TPSA) is 29.1 Å². The largest absolute Gasteiger partial charge is 0.312 e. The third-order valence-electron chi connectivity index (χ3n) is 2.07. The predicted molar refractivity (Wildman–Crippen MR) is 40.8 cm³/mol. The molecule has 10 heavy (non-hydrogen) atoms. The lowest BCUT2D eigenvalue weighted by molar-refractivity contribution is -0.112. The fourth-order valence-corrected chi connectivity index (χ4v) is 1.74. The molecule has 0 saturated carbocycles. The number of nitrogens with one attached hydrogen (secondary N) is 1. The lowest BCUT2D eigenvalue weighted by atomic mass is 9.90. The van der Waals surface area contributed by atoms with Crippen LogP contribution in [0.3, 0.4) is 0 Å². The van der Waals surface area contributed by atoms with E-state index in [1.807, 2.05) is 0 Å². The molecule has 0 aromatic heterocycles. The van der Waals surface area contributed by atoms with Gasteiger partial charge in [-0.25, -0.2) is 0 Å². The molecule has 58 valence electrons. The standard InChI is InChI=1S/C8H15NO/c1-6-3-8(5-10)4-7(2)9-6/h5-9H,3-4H2,1-2H3. The number of rotatable bonds is 1. The number of hydrogen-bond donors (Lipinski definition) is 1. The molecule has 1 heterocycles. The predicted octanol–water partition coefficient (Wildman–Crippen LogP) is 0.962. The van der Waals surface area contributed by atoms with Gasteiger partial charge in [-0.3, -0.25) is 0 Å². The van der Waals surface area contributed by atoms with E-state index in [1.54, 1.807) is 0 Å². The van der Waals surface area contributed by atoms with Crippen molar-refractivity contribution in [1.29, 1.82) is 0 Å². The van der Waals surface area contributed by atoms with E-state index in [0.29, 0.717) is 18.0 Å². The van der Waals surface area contributed by atoms with E-state index in [-0.39, 0.29) is 0 Å². The molecule has 0 aliphatic carbocycles. The van der Waals surface area contributed by atoms with Crippen molar-refractivity contribution in [3.63, 3.8) is 0 Å². The molecule has 1 fully saturated rings. The second kappa shape index (κ2) is 3.15. The number of hydrogen-bond acceptors (Lipinski definition) is 2. The van der Waals surface area contributed by atoms with Gasteiger partial charge < -0.3 is 10.1 Å². The van der Waals surface area contributed by atoms with Crippen LogP contribution in [0, 0.1) is 5.92 Å². The minimum atomic E-state index is 0.297. The maximum absolute atomic E-state index is 10.4. The van der Waals surface area contributed by atoms with Crippen LogP contribution in [0.2, 0.25) is 0 Å². The Kier molecular flexibility index (Phi) is 2.44. The molecule has 2 nitrogen and oxygen atoms in total. The number of carbonyl (C=O) groups excluding carboxylic acids is 1. The summed E-state index contributed by atoms with van der Waals surface area (Å²) in [5, 5.41) is 3.38. The first-order valence-corrected chi connectivity index (χ1v) is 3.93. The van der Waals surface area contributed by atoms with Crippen LogP contribution in [0.1, 0.15) is 26.7 Å². The minimum absolute atomic E-state index is 0.297. The Morgan fingerprint density at radius 3 is 2.20 bits per heavy atom. The summed E-state index contributed by atoms with van der Waals surface area (Å²) in [5.74, 6) is 0.297. The molecule has 1 aliphatic heterocycles. The molecule has 1 rings (SSSR count). The van der Waals surface area contributed by atoms with Crippen molar-refractivity contribution in [1.82, 2.24) is 5.32 Å². The average molecular weight is 141 g/mol. The van der Waals surface area contributed by atoms with Crippen LogP contribution >= 0.6 is 0 Å². The lowest BCUT2D eigenvalue weighted by Gasteiger charge is -2.29. The van der Waals surface area contributed by atoms with Gasteiger partial charge in [0.05, 0.1) is 0 Å². The third kappa shape index (κ3) is 1.81. The average Bonchev–Trinajstić information content (AvgIpc) is 1.85. The van der Waals surface area contributed by atoms with Crippen molar-refractivity contribution in [2.45, 2.75) is 38.8 Å². The van der Waals surface area contributed by atoms with E-state index in [1.165, 1.54) is 0 Å². The first-order valence-electron chi connectivity index (χ1n) is 3.93. The maximum atomic E-state index is 10.4. The van der Waals surface area contributed by atoms with Crippen molar-refractivity contribution >= 4 is 6.29 Å². The molecule has 0 amide bonds. The van der Waals surface area contributed by atoms with E-state index in [2.05, 4.69) is 19.2 Å². The van der Waals surface area contributed by atoms with Crippen LogP contribution in [0.15, 0.2) is 0 Å². The zero-order valence-electron chi connectivity index (χ0n) is 6.63. The van der Waals surface area contributed by atoms with Gasteiger partial charge in [-0.1, -0.05) is 0 Å². The van der Waals surface area contributed by atoms with Crippen LogP contribution in [-0.4, -0.2) is 18.4 Å². The van der Waals surface area contributed by atoms with Gasteiger partial charge in [-0.2, -0.15) is 0 Å². The quantitative estimate of drug-likeness (QED) is 0.551. The normalized spacial score (nSPS) is 41.2. The van der Waals surface area contributed by atoms with Gasteiger partial charge in [0.2, 0.25) is 0 Å². The van der Waals surface area contributed by atoms with Crippen LogP contribution in [-0.2, 0) is 4.79 Å². The molecule has 0 radical (unpaired) electrons. The summed E-state index contributed by atoms with van der Waals surface area (Å²) in [7, 11) is 0. The van der Waals surface area contributed by atoms with E-state index >= 15 is 0 Å². The summed E-state index contributed by atoms with van der Waals surface area (Å²) in [6, 6.07) is 1.03. The smallest absolute Gasteiger partial charge is 0.123 e. The van der Waals surface area contributed by atoms with Crippen molar-refractivity contribution < 1.29 is 4.79 Å². The van der Waals surface area contributed by atoms with Crippen molar-refractivity contribution in [2.24, 2.45) is 5.92 Å². The highest BCUT2D eigenvalue weighted by molar-refractivity contribution is 5.53. The van der Waals surface area contributed by atoms with Crippen molar-refractivity contribution in [2.75, 3.05) is 0 Å². The highest BCUT2D eigenvalue weighted by Gasteiger charge is 2.21. The molecule has 0 aromatic rings. The van der Waals surface area contributed by atoms with Crippen LogP contribution in [0.25, 0.3) is 0 Å². The maximum Gasteiger partial charge on any atom is 0.123 e. The van der Waals surface area contributed by atoms with Gasteiger partial charge in [0.1, 0.15) is 6.29 Å². The van der Waals surface area contributed by atoms with Crippen molar-refractivity contribution in [3.05, 3.63) is 0 Å². The van der Waals surface area contributed by atoms with E-state index in [4.69, 9.17) is 0 Å². The van der Waals surface area contributed by atoms with Gasteiger partial charge in [-0.15, -0.1) is 0 Å². The molecule has 0 spiro atoms. The van der Waals surface area contributed by atoms with Gasteiger partial charge in [0, 0.05) is 18.0 Å². The second-order valence-electron chi connectivity index (χ2n) is 3.34. The highest BCUT2D eigenvalue weighted by Crippen LogP contribution is 2.17. The minimum Gasteiger partial charge on any atom is -0.312 e. The molecule has 2 atom stereocenters. The van der Waals surface area contributed by atoms with Crippen molar-refractivity contribution in [3.8, 4) is 0 Å². The fraction of sp³-hybridized carbons (Fsp3) is 0.875. The lowest BCUT2D eigenvalue weighted by Crippen LogP contribution is -2.42. The molecule has 1 aliphatic rings. The van der Waals surface area contributed by atoms with Gasteiger partial charge in [0.25, 0.3) is 0 Å². The van der Waals surface area contributed by atoms with Crippen LogP contribution in [0.5, 0.6) is 0 Å². The summed E-state index contributed by atoms with van der Waals surface area (Å²) < 4.78 is 0. The zero-order valence-corrected chi connectivity index (χ0v) is 6.63. The molecule has 0 bridgehead atoms. The SMILES string of the molecule is CC1CC(C=O)CC(C)N1. The van der Waals surface area contributed by atoms with Gasteiger partial charge in [-0.05, 0) is 26.7 Å². The van der Waals surface area contributed by atoms with Gasteiger partial charge >= 0.3 is 0 Å². The fourth-order valence-electron chi connectivity index (χ4n) is 1.74. The molecule has 2 heteroatoms. The Balaban J connectivity index is 2.42. The first-order chi connectivity index (χ1) is 4.72. The van der Waals surface area contributed by atoms with E-state index in [0.717, 1.165) is 19.1 Å². The summed E-state index contributed by atoms with van der Waals surface area (Å²) in [6.07, 6.45) is 3.11. The Morgan fingerprint density at radius 2 is 1.80 bits per heavy atom. The van der Waals surface area contributed by atoms with E-state index < -0.39 is 0 Å². The monoisotopic (exact) mass is 141 g/mol. The molecular weight excluding hydrogens is 126 g/mol. The summed E-state index contributed by atoms with van der Waals surface area (Å²) in [5.41, 5.74) is 0. The molecule has 0 aromatic carbocycles. The zero-order chi connectivity index (χ0) is 7.56. The first kappa shape index (κ1) is 7.73. The van der Waals surface area contributed by atoms with E-state index in [9.17, 15) is 4.79 Å². The van der Waals surface area contributed by atoms with Gasteiger partial charge in [0.15, 0.2) is 0 Å². The molecular formula is C8H15NO. The molecule has 2 unspecified atom stereocenters. The number of aldehydes is 1. The number of carbonyl (C=O) groups is 1. The Bertz CT molecular complexity index is 114. The summed E-state index contributed by atoms with van der Waals surface area (Å²) >= 11 is 0. The number of piperidine rings is 1. The Hall–Kier alpha value is -0.370. The summed E-state index contributed by atoms with van der Waals surface area (Å²) in [4.78, 5) is 10.4. The molecule has 1 saturated heterocycles.